The van der Waals surface area contributed by atoms with E-state index in [0.29, 0.717) is 37.9 Å². The van der Waals surface area contributed by atoms with Gasteiger partial charge in [-0.1, -0.05) is 55.0 Å². The fourth-order valence-electron chi connectivity index (χ4n) is 6.21. The summed E-state index contributed by atoms with van der Waals surface area (Å²) < 4.78 is 7.59. The number of aromatic nitrogens is 1. The monoisotopic (exact) mass is 547 g/mol. The number of piperidine rings is 1. The van der Waals surface area contributed by atoms with Gasteiger partial charge in [0.05, 0.1) is 17.1 Å². The van der Waals surface area contributed by atoms with Gasteiger partial charge in [-0.05, 0) is 56.8 Å². The Balaban J connectivity index is 1.29. The Morgan fingerprint density at radius 1 is 0.925 bits per heavy atom. The van der Waals surface area contributed by atoms with Crippen LogP contribution in [-0.2, 0) is 23.1 Å². The number of ether oxygens (including phenoxy) is 1. The molecule has 40 heavy (non-hydrogen) atoms. The summed E-state index contributed by atoms with van der Waals surface area (Å²) in [6, 6.07) is 18.2. The minimum Gasteiger partial charge on any atom is -0.462 e. The highest BCUT2D eigenvalue weighted by Crippen LogP contribution is 2.39. The molecule has 214 valence electrons. The maximum atomic E-state index is 13.7. The third-order valence-corrected chi connectivity index (χ3v) is 8.77. The van der Waals surface area contributed by atoms with Crippen molar-refractivity contribution in [2.45, 2.75) is 57.3 Å². The van der Waals surface area contributed by atoms with Gasteiger partial charge in [0.2, 0.25) is 0 Å². The van der Waals surface area contributed by atoms with E-state index in [9.17, 15) is 19.8 Å². The summed E-state index contributed by atoms with van der Waals surface area (Å²) in [5, 5.41) is 22.1. The van der Waals surface area contributed by atoms with Gasteiger partial charge in [-0.15, -0.1) is 0 Å². The van der Waals surface area contributed by atoms with Crippen LogP contribution in [0.3, 0.4) is 0 Å². The quantitative estimate of drug-likeness (QED) is 0.485. The highest BCUT2D eigenvalue weighted by Gasteiger charge is 2.42. The van der Waals surface area contributed by atoms with E-state index in [1.807, 2.05) is 60.3 Å². The molecule has 0 bridgehead atoms. The Morgan fingerprint density at radius 3 is 2.42 bits per heavy atom. The van der Waals surface area contributed by atoms with E-state index >= 15 is 0 Å². The lowest BCUT2D eigenvalue weighted by Gasteiger charge is -2.40. The smallest absolute Gasteiger partial charge is 0.312 e. The summed E-state index contributed by atoms with van der Waals surface area (Å²) >= 11 is 0. The molecule has 8 nitrogen and oxygen atoms in total. The van der Waals surface area contributed by atoms with Gasteiger partial charge in [-0.25, -0.2) is 0 Å². The molecule has 3 heterocycles. The number of hydrogen-bond acceptors (Lipinski definition) is 6. The normalized spacial score (nSPS) is 23.3. The maximum Gasteiger partial charge on any atom is 0.312 e. The van der Waals surface area contributed by atoms with E-state index in [-0.39, 0.29) is 24.9 Å². The van der Waals surface area contributed by atoms with Gasteiger partial charge < -0.3 is 24.4 Å². The molecule has 3 aromatic rings. The fourth-order valence-corrected chi connectivity index (χ4v) is 6.21. The average molecular weight is 548 g/mol. The van der Waals surface area contributed by atoms with Crippen LogP contribution in [0.4, 0.5) is 0 Å². The van der Waals surface area contributed by atoms with Crippen LogP contribution in [0.1, 0.15) is 54.4 Å². The zero-order valence-corrected chi connectivity index (χ0v) is 23.4. The lowest BCUT2D eigenvalue weighted by molar-refractivity contribution is -0.165. The molecule has 0 saturated carbocycles. The molecule has 1 spiro atoms. The Morgan fingerprint density at radius 2 is 1.65 bits per heavy atom. The lowest BCUT2D eigenvalue weighted by Crippen LogP contribution is -2.45. The van der Waals surface area contributed by atoms with Crippen molar-refractivity contribution in [2.24, 2.45) is 12.5 Å². The number of likely N-dealkylation sites (tertiary alicyclic amines) is 1. The average Bonchev–Trinajstić information content (AvgIpc) is 3.32. The molecule has 1 aromatic heterocycles. The number of carbonyl (C=O) groups excluding carboxylic acids is 2. The fraction of sp³-hybridized carbons (Fsp3) is 0.500. The molecule has 2 aliphatic rings. The second-order valence-corrected chi connectivity index (χ2v) is 11.5. The van der Waals surface area contributed by atoms with Crippen molar-refractivity contribution in [1.82, 2.24) is 14.4 Å². The first-order valence-corrected chi connectivity index (χ1v) is 14.5. The molecule has 2 N–H and O–H groups in total. The van der Waals surface area contributed by atoms with Crippen LogP contribution >= 0.6 is 0 Å². The van der Waals surface area contributed by atoms with Crippen LogP contribution in [0.15, 0.2) is 60.8 Å². The number of fused-ring (bicyclic) bond motifs is 1. The molecule has 2 aliphatic heterocycles. The molecular formula is C32H41N3O5. The van der Waals surface area contributed by atoms with Crippen molar-refractivity contribution in [1.29, 1.82) is 0 Å². The van der Waals surface area contributed by atoms with Crippen molar-refractivity contribution < 1.29 is 24.5 Å². The summed E-state index contributed by atoms with van der Waals surface area (Å²) in [7, 11) is 1.93. The van der Waals surface area contributed by atoms with Crippen LogP contribution in [-0.4, -0.2) is 81.5 Å². The first kappa shape index (κ1) is 28.3. The van der Waals surface area contributed by atoms with Crippen molar-refractivity contribution in [3.05, 3.63) is 71.9 Å². The molecule has 2 fully saturated rings. The number of nitrogens with zero attached hydrogens (tertiary/aromatic N) is 3. The zero-order chi connectivity index (χ0) is 28.1. The van der Waals surface area contributed by atoms with Crippen LogP contribution in [0.5, 0.6) is 0 Å². The number of para-hydroxylation sites is 1. The lowest BCUT2D eigenvalue weighted by atomic mass is 9.74. The number of aliphatic hydroxyl groups is 2. The number of cyclic esters (lactones) is 1. The number of aliphatic hydroxyl groups excluding tert-OH is 2. The Bertz CT molecular complexity index is 1300. The van der Waals surface area contributed by atoms with E-state index in [0.717, 1.165) is 43.4 Å². The van der Waals surface area contributed by atoms with Gasteiger partial charge in [0, 0.05) is 43.8 Å². The number of aryl methyl sites for hydroxylation is 1. The minimum absolute atomic E-state index is 0.0791. The summed E-state index contributed by atoms with van der Waals surface area (Å²) in [5.74, 6) is -0.356. The van der Waals surface area contributed by atoms with E-state index < -0.39 is 17.6 Å². The second-order valence-electron chi connectivity index (χ2n) is 11.5. The molecule has 0 aliphatic carbocycles. The van der Waals surface area contributed by atoms with E-state index in [4.69, 9.17) is 4.74 Å². The summed E-state index contributed by atoms with van der Waals surface area (Å²) in [6.45, 7) is 3.03. The van der Waals surface area contributed by atoms with Crippen LogP contribution in [0, 0.1) is 5.41 Å². The van der Waals surface area contributed by atoms with Crippen LogP contribution in [0.2, 0.25) is 0 Å². The third-order valence-electron chi connectivity index (χ3n) is 8.77. The van der Waals surface area contributed by atoms with Crippen molar-refractivity contribution in [3.8, 4) is 0 Å². The molecule has 1 amide bonds. The van der Waals surface area contributed by atoms with Crippen molar-refractivity contribution in [3.63, 3.8) is 0 Å². The molecule has 8 heteroatoms. The minimum atomic E-state index is -1.20. The van der Waals surface area contributed by atoms with Gasteiger partial charge in [-0.2, -0.15) is 0 Å². The van der Waals surface area contributed by atoms with Crippen LogP contribution in [0.25, 0.3) is 10.9 Å². The van der Waals surface area contributed by atoms with Gasteiger partial charge in [0.25, 0.3) is 5.91 Å². The summed E-state index contributed by atoms with van der Waals surface area (Å²) in [4.78, 5) is 31.3. The number of hydrogen-bond donors (Lipinski definition) is 2. The Kier molecular flexibility index (Phi) is 8.88. The van der Waals surface area contributed by atoms with Gasteiger partial charge in [0.1, 0.15) is 12.7 Å². The molecule has 2 aromatic carbocycles. The number of esters is 1. The summed E-state index contributed by atoms with van der Waals surface area (Å²) in [6.07, 6.45) is 3.37. The van der Waals surface area contributed by atoms with Gasteiger partial charge in [-0.3, -0.25) is 14.5 Å². The first-order chi connectivity index (χ1) is 19.4. The van der Waals surface area contributed by atoms with Crippen LogP contribution < -0.4 is 0 Å². The highest BCUT2D eigenvalue weighted by molar-refractivity contribution is 6.07. The van der Waals surface area contributed by atoms with Crippen molar-refractivity contribution in [2.75, 3.05) is 32.8 Å². The standard InChI is InChI=1S/C32H41N3O5/c1-33-22-26(25-11-5-6-12-27(25)33)30(38)35-17-8-7-14-32(31(39)40-23-29(37)28(36)13-18-35)15-19-34(20-16-32)21-24-9-3-2-4-10-24/h2-6,9-12,22,28-29,36-37H,7-8,13-21,23H2,1H3/t28-,29+/m0/s1. The number of amides is 1. The van der Waals surface area contributed by atoms with E-state index in [2.05, 4.69) is 17.0 Å². The predicted octanol–water partition coefficient (Wildman–Crippen LogP) is 3.74. The largest absolute Gasteiger partial charge is 0.462 e. The Hall–Kier alpha value is -3.20. The predicted molar refractivity (Wildman–Crippen MR) is 154 cm³/mol. The zero-order valence-electron chi connectivity index (χ0n) is 23.4. The molecule has 2 saturated heterocycles. The van der Waals surface area contributed by atoms with E-state index in [1.165, 1.54) is 5.56 Å². The highest BCUT2D eigenvalue weighted by atomic mass is 16.5. The number of rotatable bonds is 3. The molecule has 5 rings (SSSR count). The van der Waals surface area contributed by atoms with Gasteiger partial charge in [0.15, 0.2) is 0 Å². The van der Waals surface area contributed by atoms with Gasteiger partial charge >= 0.3 is 5.97 Å². The van der Waals surface area contributed by atoms with Crippen molar-refractivity contribution >= 4 is 22.8 Å². The molecule has 0 unspecified atom stereocenters. The first-order valence-electron chi connectivity index (χ1n) is 14.5. The molecule has 2 atom stereocenters. The maximum absolute atomic E-state index is 13.7. The molecule has 0 radical (unpaired) electrons. The number of carbonyl (C=O) groups is 2. The topological polar surface area (TPSA) is 95.2 Å². The second kappa shape index (κ2) is 12.5. The number of benzene rings is 2. The molecular weight excluding hydrogens is 506 g/mol. The SMILES string of the molecule is Cn1cc(C(=O)N2CCCCC3(CCN(Cc4ccccc4)CC3)C(=O)OC[C@@H](O)[C@@H](O)CC2)c2ccccc21. The summed E-state index contributed by atoms with van der Waals surface area (Å²) in [5.41, 5.74) is 2.27. The Labute approximate surface area is 236 Å². The third kappa shape index (κ3) is 6.24. The van der Waals surface area contributed by atoms with E-state index in [1.54, 1.807) is 4.90 Å².